The molecule has 0 aliphatic carbocycles. The van der Waals surface area contributed by atoms with E-state index in [9.17, 15) is 0 Å². The Morgan fingerprint density at radius 3 is 2.43 bits per heavy atom. The van der Waals surface area contributed by atoms with Gasteiger partial charge in [-0.2, -0.15) is 0 Å². The highest BCUT2D eigenvalue weighted by molar-refractivity contribution is 14.0. The highest BCUT2D eigenvalue weighted by atomic mass is 127. The zero-order valence-corrected chi connectivity index (χ0v) is 20.2. The molecule has 2 aromatic carbocycles. The van der Waals surface area contributed by atoms with Crippen molar-refractivity contribution in [3.05, 3.63) is 83.4 Å². The van der Waals surface area contributed by atoms with Crippen molar-refractivity contribution in [3.8, 4) is 5.75 Å². The van der Waals surface area contributed by atoms with Gasteiger partial charge in [0.15, 0.2) is 5.96 Å². The summed E-state index contributed by atoms with van der Waals surface area (Å²) in [4.78, 5) is 8.34. The zero-order chi connectivity index (χ0) is 20.5. The first-order chi connectivity index (χ1) is 14.1. The van der Waals surface area contributed by atoms with Gasteiger partial charge in [-0.1, -0.05) is 35.9 Å². The van der Waals surface area contributed by atoms with Crippen molar-refractivity contribution in [2.24, 2.45) is 4.99 Å². The van der Waals surface area contributed by atoms with E-state index in [0.717, 1.165) is 18.3 Å². The van der Waals surface area contributed by atoms with Crippen LogP contribution >= 0.6 is 35.6 Å². The average molecular weight is 540 g/mol. The van der Waals surface area contributed by atoms with E-state index in [1.165, 1.54) is 11.1 Å². The normalized spacial score (nSPS) is 12.0. The van der Waals surface area contributed by atoms with Crippen LogP contribution in [-0.2, 0) is 13.1 Å². The minimum Gasteiger partial charge on any atom is -0.489 e. The molecule has 6 nitrogen and oxygen atoms in total. The molecule has 30 heavy (non-hydrogen) atoms. The van der Waals surface area contributed by atoms with Crippen LogP contribution in [0.4, 0.5) is 0 Å². The number of aliphatic imine (C=N–C) groups is 1. The Hall–Kier alpha value is -2.26. The van der Waals surface area contributed by atoms with Gasteiger partial charge in [-0.25, -0.2) is 4.98 Å². The molecule has 0 aliphatic rings. The fraction of sp³-hybridized carbons (Fsp3) is 0.273. The predicted molar refractivity (Wildman–Crippen MR) is 133 cm³/mol. The maximum Gasteiger partial charge on any atom is 0.191 e. The van der Waals surface area contributed by atoms with Gasteiger partial charge < -0.3 is 19.9 Å². The van der Waals surface area contributed by atoms with Gasteiger partial charge in [0.05, 0.1) is 12.9 Å². The number of nitrogens with zero attached hydrogens (tertiary/aromatic N) is 3. The van der Waals surface area contributed by atoms with E-state index in [4.69, 9.17) is 16.3 Å². The first-order valence-corrected chi connectivity index (χ1v) is 9.90. The minimum absolute atomic E-state index is 0. The molecule has 1 atom stereocenters. The van der Waals surface area contributed by atoms with Crippen LogP contribution in [0.5, 0.6) is 5.75 Å². The van der Waals surface area contributed by atoms with Crippen LogP contribution in [0.15, 0.2) is 72.2 Å². The molecule has 1 aromatic heterocycles. The summed E-state index contributed by atoms with van der Waals surface area (Å²) >= 11 is 5.90. The number of aromatic nitrogens is 2. The fourth-order valence-corrected chi connectivity index (χ4v) is 2.91. The fourth-order valence-electron chi connectivity index (χ4n) is 2.79. The van der Waals surface area contributed by atoms with Crippen LogP contribution in [0.2, 0.25) is 5.02 Å². The molecular weight excluding hydrogens is 513 g/mol. The van der Waals surface area contributed by atoms with E-state index in [1.54, 1.807) is 13.2 Å². The van der Waals surface area contributed by atoms with E-state index in [2.05, 4.69) is 44.9 Å². The molecule has 0 spiro atoms. The number of guanidine groups is 1. The molecule has 2 N–H and O–H groups in total. The van der Waals surface area contributed by atoms with Crippen molar-refractivity contribution < 1.29 is 4.74 Å². The highest BCUT2D eigenvalue weighted by Crippen LogP contribution is 2.16. The van der Waals surface area contributed by atoms with E-state index < -0.39 is 0 Å². The number of hydrogen-bond donors (Lipinski definition) is 2. The Labute approximate surface area is 199 Å². The standard InChI is InChI=1S/C22H26ClN5O.HI/c1-17(29-21-9-7-20(23)8-10-21)13-26-22(24-2)27-14-18-3-5-19(6-4-18)15-28-12-11-25-16-28;/h3-12,16-17H,13-15H2,1-2H3,(H2,24,26,27);1H. The van der Waals surface area contributed by atoms with Crippen LogP contribution in [0.25, 0.3) is 0 Å². The number of imidazole rings is 1. The summed E-state index contributed by atoms with van der Waals surface area (Å²) in [7, 11) is 1.76. The first-order valence-electron chi connectivity index (χ1n) is 9.52. The van der Waals surface area contributed by atoms with Crippen LogP contribution in [0.3, 0.4) is 0 Å². The van der Waals surface area contributed by atoms with Gasteiger partial charge in [0.25, 0.3) is 0 Å². The van der Waals surface area contributed by atoms with Crippen LogP contribution < -0.4 is 15.4 Å². The van der Waals surface area contributed by atoms with Crippen molar-refractivity contribution in [1.82, 2.24) is 20.2 Å². The average Bonchev–Trinajstić information content (AvgIpc) is 3.24. The number of rotatable bonds is 8. The number of nitrogens with one attached hydrogen (secondary N) is 2. The lowest BCUT2D eigenvalue weighted by Gasteiger charge is -2.18. The van der Waals surface area contributed by atoms with E-state index in [0.29, 0.717) is 18.1 Å². The summed E-state index contributed by atoms with van der Waals surface area (Å²) in [6.45, 7) is 4.15. The van der Waals surface area contributed by atoms with Crippen molar-refractivity contribution in [2.75, 3.05) is 13.6 Å². The van der Waals surface area contributed by atoms with Gasteiger partial charge in [0.1, 0.15) is 11.9 Å². The second kappa shape index (κ2) is 12.4. The van der Waals surface area contributed by atoms with Crippen molar-refractivity contribution >= 4 is 41.5 Å². The Morgan fingerprint density at radius 1 is 1.10 bits per heavy atom. The van der Waals surface area contributed by atoms with Crippen LogP contribution in [0.1, 0.15) is 18.1 Å². The second-order valence-corrected chi connectivity index (χ2v) is 7.18. The van der Waals surface area contributed by atoms with Gasteiger partial charge in [0.2, 0.25) is 0 Å². The van der Waals surface area contributed by atoms with Crippen molar-refractivity contribution in [2.45, 2.75) is 26.1 Å². The summed E-state index contributed by atoms with van der Waals surface area (Å²) in [5.74, 6) is 1.53. The number of benzene rings is 2. The molecule has 1 heterocycles. The third-order valence-electron chi connectivity index (χ3n) is 4.34. The third-order valence-corrected chi connectivity index (χ3v) is 4.59. The topological polar surface area (TPSA) is 63.5 Å². The Kier molecular flexibility index (Phi) is 9.96. The SMILES string of the molecule is CN=C(NCc1ccc(Cn2ccnc2)cc1)NCC(C)Oc1ccc(Cl)cc1.I. The van der Waals surface area contributed by atoms with Crippen LogP contribution in [-0.4, -0.2) is 35.2 Å². The third kappa shape index (κ3) is 7.87. The Morgan fingerprint density at radius 2 is 1.80 bits per heavy atom. The summed E-state index contributed by atoms with van der Waals surface area (Å²) < 4.78 is 7.92. The van der Waals surface area contributed by atoms with Crippen LogP contribution in [0, 0.1) is 0 Å². The van der Waals surface area contributed by atoms with E-state index in [-0.39, 0.29) is 30.1 Å². The lowest BCUT2D eigenvalue weighted by Crippen LogP contribution is -2.41. The lowest BCUT2D eigenvalue weighted by atomic mass is 10.1. The predicted octanol–water partition coefficient (Wildman–Crippen LogP) is 4.34. The monoisotopic (exact) mass is 539 g/mol. The largest absolute Gasteiger partial charge is 0.489 e. The van der Waals surface area contributed by atoms with Crippen molar-refractivity contribution in [1.29, 1.82) is 0 Å². The van der Waals surface area contributed by atoms with Gasteiger partial charge >= 0.3 is 0 Å². The van der Waals surface area contributed by atoms with E-state index in [1.807, 2.05) is 48.3 Å². The summed E-state index contributed by atoms with van der Waals surface area (Å²) in [6, 6.07) is 15.9. The quantitative estimate of drug-likeness (QED) is 0.254. The molecule has 0 amide bonds. The molecule has 0 fully saturated rings. The molecule has 0 saturated carbocycles. The molecule has 0 radical (unpaired) electrons. The Bertz CT molecular complexity index is 898. The van der Waals surface area contributed by atoms with Crippen molar-refractivity contribution in [3.63, 3.8) is 0 Å². The van der Waals surface area contributed by atoms with Gasteiger partial charge in [-0.05, 0) is 42.3 Å². The molecule has 160 valence electrons. The summed E-state index contributed by atoms with van der Waals surface area (Å²) in [6.07, 6.45) is 5.56. The molecule has 0 bridgehead atoms. The zero-order valence-electron chi connectivity index (χ0n) is 17.1. The number of hydrogen-bond acceptors (Lipinski definition) is 3. The molecule has 1 unspecified atom stereocenters. The summed E-state index contributed by atoms with van der Waals surface area (Å²) in [5, 5.41) is 7.31. The highest BCUT2D eigenvalue weighted by Gasteiger charge is 2.06. The summed E-state index contributed by atoms with van der Waals surface area (Å²) in [5.41, 5.74) is 2.43. The molecule has 3 aromatic rings. The van der Waals surface area contributed by atoms with E-state index >= 15 is 0 Å². The molecule has 0 saturated heterocycles. The van der Waals surface area contributed by atoms with Gasteiger partial charge in [-0.15, -0.1) is 24.0 Å². The minimum atomic E-state index is -0.0165. The molecular formula is C22H27ClIN5O. The Balaban J connectivity index is 0.00000320. The number of ether oxygens (including phenoxy) is 1. The maximum atomic E-state index is 5.90. The second-order valence-electron chi connectivity index (χ2n) is 6.74. The lowest BCUT2D eigenvalue weighted by molar-refractivity contribution is 0.224. The number of halogens is 2. The molecule has 3 rings (SSSR count). The molecule has 0 aliphatic heterocycles. The molecule has 8 heteroatoms. The smallest absolute Gasteiger partial charge is 0.191 e. The van der Waals surface area contributed by atoms with Gasteiger partial charge in [-0.3, -0.25) is 4.99 Å². The van der Waals surface area contributed by atoms with Gasteiger partial charge in [0, 0.05) is 37.6 Å². The maximum absolute atomic E-state index is 5.90. The first kappa shape index (κ1) is 24.0.